The maximum Gasteiger partial charge on any atom is 0.334 e. The smallest absolute Gasteiger partial charge is 0.334 e. The first kappa shape index (κ1) is 12.8. The second-order valence-corrected chi connectivity index (χ2v) is 7.20. The third kappa shape index (κ3) is 1.36. The van der Waals surface area contributed by atoms with Gasteiger partial charge in [-0.25, -0.2) is 4.79 Å². The molecule has 5 heteroatoms. The van der Waals surface area contributed by atoms with Gasteiger partial charge in [0.05, 0.1) is 17.3 Å². The number of fused-ring (bicyclic) bond motifs is 5. The summed E-state index contributed by atoms with van der Waals surface area (Å²) >= 11 is 0. The van der Waals surface area contributed by atoms with Gasteiger partial charge in [-0.1, -0.05) is 6.58 Å². The molecule has 0 aromatic heterocycles. The van der Waals surface area contributed by atoms with E-state index in [1.807, 2.05) is 0 Å². The molecule has 0 aromatic rings. The summed E-state index contributed by atoms with van der Waals surface area (Å²) in [5.74, 6) is -0.960. The summed E-state index contributed by atoms with van der Waals surface area (Å²) in [6, 6.07) is 0. The average molecular weight is 280 g/mol. The number of carbonyl (C=O) groups excluding carboxylic acids is 1. The highest BCUT2D eigenvalue weighted by Gasteiger charge is 2.75. The van der Waals surface area contributed by atoms with Gasteiger partial charge >= 0.3 is 5.97 Å². The van der Waals surface area contributed by atoms with Crippen LogP contribution in [0.4, 0.5) is 0 Å². The number of ether oxygens (including phenoxy) is 2. The van der Waals surface area contributed by atoms with E-state index in [0.717, 1.165) is 0 Å². The molecule has 20 heavy (non-hydrogen) atoms. The molecular weight excluding hydrogens is 260 g/mol. The zero-order valence-corrected chi connectivity index (χ0v) is 11.7. The standard InChI is InChI=1S/C15H20O5/c1-6-7-4-5-14(2,17)8-9(10(7)20-13(6)16)15(3,18)12-11(8)19-12/h7-12,17-18H,1,4-5H2,2-3H3/t7-,8-,9-,10-,11+,12+,14+,15-/m0/s1. The van der Waals surface area contributed by atoms with Crippen LogP contribution in [0.1, 0.15) is 26.7 Å². The van der Waals surface area contributed by atoms with E-state index in [4.69, 9.17) is 9.47 Å². The first-order valence-electron chi connectivity index (χ1n) is 7.25. The van der Waals surface area contributed by atoms with E-state index in [1.165, 1.54) is 0 Å². The number of hydrogen-bond donors (Lipinski definition) is 2. The third-order valence-electron chi connectivity index (χ3n) is 5.90. The van der Waals surface area contributed by atoms with Gasteiger partial charge in [-0.3, -0.25) is 0 Å². The molecule has 2 saturated heterocycles. The van der Waals surface area contributed by atoms with Gasteiger partial charge in [0.1, 0.15) is 12.2 Å². The van der Waals surface area contributed by atoms with Gasteiger partial charge in [0, 0.05) is 23.3 Å². The van der Waals surface area contributed by atoms with Crippen molar-refractivity contribution in [3.05, 3.63) is 12.2 Å². The molecule has 8 atom stereocenters. The zero-order chi connectivity index (χ0) is 14.4. The van der Waals surface area contributed by atoms with E-state index in [1.54, 1.807) is 13.8 Å². The molecule has 2 saturated carbocycles. The summed E-state index contributed by atoms with van der Waals surface area (Å²) in [5.41, 5.74) is -1.51. The lowest BCUT2D eigenvalue weighted by molar-refractivity contribution is -0.160. The molecule has 2 aliphatic carbocycles. The van der Waals surface area contributed by atoms with E-state index in [0.29, 0.717) is 18.4 Å². The third-order valence-corrected chi connectivity index (χ3v) is 5.90. The molecule has 4 rings (SSSR count). The van der Waals surface area contributed by atoms with Gasteiger partial charge in [0.15, 0.2) is 0 Å². The first-order valence-corrected chi connectivity index (χ1v) is 7.25. The van der Waals surface area contributed by atoms with Crippen molar-refractivity contribution in [2.75, 3.05) is 0 Å². The second-order valence-electron chi connectivity index (χ2n) is 7.20. The number of carbonyl (C=O) groups is 1. The molecule has 4 aliphatic rings. The van der Waals surface area contributed by atoms with Crippen LogP contribution in [0.5, 0.6) is 0 Å². The molecule has 2 heterocycles. The number of epoxide rings is 1. The number of rotatable bonds is 0. The summed E-state index contributed by atoms with van der Waals surface area (Å²) in [7, 11) is 0. The minimum Gasteiger partial charge on any atom is -0.458 e. The van der Waals surface area contributed by atoms with Gasteiger partial charge in [0.25, 0.3) is 0 Å². The number of esters is 1. The minimum atomic E-state index is -1.07. The Kier molecular flexibility index (Phi) is 2.21. The Labute approximate surface area is 117 Å². The van der Waals surface area contributed by atoms with Crippen LogP contribution in [0.3, 0.4) is 0 Å². The largest absolute Gasteiger partial charge is 0.458 e. The molecule has 0 bridgehead atoms. The van der Waals surface area contributed by atoms with Crippen LogP contribution >= 0.6 is 0 Å². The molecule has 2 N–H and O–H groups in total. The van der Waals surface area contributed by atoms with Gasteiger partial charge < -0.3 is 19.7 Å². The quantitative estimate of drug-likeness (QED) is 0.381. The van der Waals surface area contributed by atoms with Gasteiger partial charge in [-0.2, -0.15) is 0 Å². The van der Waals surface area contributed by atoms with Gasteiger partial charge in [-0.05, 0) is 26.7 Å². The molecule has 0 amide bonds. The predicted octanol–water partition coefficient (Wildman–Crippen LogP) is 0.393. The van der Waals surface area contributed by atoms with Crippen molar-refractivity contribution < 1.29 is 24.5 Å². The SMILES string of the molecule is C=C1C(=O)O[C@@H]2[C@@H]3[C@@H]([C@H]4O[C@H]4[C@@]3(C)O)[C@](C)(O)CC[C@@H]12. The Morgan fingerprint density at radius 2 is 1.95 bits per heavy atom. The summed E-state index contributed by atoms with van der Waals surface area (Å²) in [5, 5.41) is 21.6. The van der Waals surface area contributed by atoms with Crippen molar-refractivity contribution in [2.45, 2.75) is 56.2 Å². The number of hydrogen-bond acceptors (Lipinski definition) is 5. The normalized spacial score (nSPS) is 60.4. The highest BCUT2D eigenvalue weighted by molar-refractivity contribution is 5.90. The van der Waals surface area contributed by atoms with Crippen LogP contribution in [0, 0.1) is 17.8 Å². The van der Waals surface area contributed by atoms with E-state index in [9.17, 15) is 15.0 Å². The fourth-order valence-electron chi connectivity index (χ4n) is 4.81. The summed E-state index contributed by atoms with van der Waals surface area (Å²) in [4.78, 5) is 11.8. The monoisotopic (exact) mass is 280 g/mol. The maximum absolute atomic E-state index is 11.8. The lowest BCUT2D eigenvalue weighted by Gasteiger charge is -2.40. The summed E-state index contributed by atoms with van der Waals surface area (Å²) < 4.78 is 11.1. The Hall–Kier alpha value is -0.910. The van der Waals surface area contributed by atoms with Gasteiger partial charge in [0.2, 0.25) is 0 Å². The fraction of sp³-hybridized carbons (Fsp3) is 0.800. The Morgan fingerprint density at radius 3 is 2.65 bits per heavy atom. The van der Waals surface area contributed by atoms with Crippen molar-refractivity contribution in [1.29, 1.82) is 0 Å². The molecule has 5 nitrogen and oxygen atoms in total. The predicted molar refractivity (Wildman–Crippen MR) is 68.6 cm³/mol. The van der Waals surface area contributed by atoms with Crippen LogP contribution in [0.15, 0.2) is 12.2 Å². The molecule has 2 aliphatic heterocycles. The second kappa shape index (κ2) is 3.46. The Morgan fingerprint density at radius 1 is 1.25 bits per heavy atom. The molecule has 0 unspecified atom stereocenters. The highest BCUT2D eigenvalue weighted by atomic mass is 16.6. The van der Waals surface area contributed by atoms with E-state index < -0.39 is 11.2 Å². The topological polar surface area (TPSA) is 79.3 Å². The Bertz CT molecular complexity index is 508. The minimum absolute atomic E-state index is 0.104. The van der Waals surface area contributed by atoms with Crippen LogP contribution in [-0.2, 0) is 14.3 Å². The van der Waals surface area contributed by atoms with Crippen molar-refractivity contribution in [1.82, 2.24) is 0 Å². The van der Waals surface area contributed by atoms with E-state index in [-0.39, 0.29) is 42.0 Å². The molecule has 0 spiro atoms. The molecule has 0 aromatic carbocycles. The average Bonchev–Trinajstić information content (AvgIpc) is 3.04. The van der Waals surface area contributed by atoms with Crippen molar-refractivity contribution in [2.24, 2.45) is 17.8 Å². The zero-order valence-electron chi connectivity index (χ0n) is 11.7. The van der Waals surface area contributed by atoms with Crippen LogP contribution < -0.4 is 0 Å². The fourth-order valence-corrected chi connectivity index (χ4v) is 4.81. The van der Waals surface area contributed by atoms with Crippen molar-refractivity contribution >= 4 is 5.97 Å². The Balaban J connectivity index is 1.81. The van der Waals surface area contributed by atoms with E-state index >= 15 is 0 Å². The number of aliphatic hydroxyl groups is 2. The lowest BCUT2D eigenvalue weighted by Crippen LogP contribution is -2.50. The van der Waals surface area contributed by atoms with Gasteiger partial charge in [-0.15, -0.1) is 0 Å². The van der Waals surface area contributed by atoms with Crippen LogP contribution in [-0.4, -0.2) is 45.7 Å². The first-order chi connectivity index (χ1) is 9.25. The van der Waals surface area contributed by atoms with Crippen LogP contribution in [0.2, 0.25) is 0 Å². The molecular formula is C15H20O5. The highest BCUT2D eigenvalue weighted by Crippen LogP contribution is 2.62. The lowest BCUT2D eigenvalue weighted by atomic mass is 9.73. The molecule has 0 radical (unpaired) electrons. The van der Waals surface area contributed by atoms with E-state index in [2.05, 4.69) is 6.58 Å². The maximum atomic E-state index is 11.8. The van der Waals surface area contributed by atoms with Crippen LogP contribution in [0.25, 0.3) is 0 Å². The molecule has 110 valence electrons. The molecule has 4 fully saturated rings. The van der Waals surface area contributed by atoms with Crippen molar-refractivity contribution in [3.63, 3.8) is 0 Å². The summed E-state index contributed by atoms with van der Waals surface area (Å²) in [6.07, 6.45) is 0.447. The summed E-state index contributed by atoms with van der Waals surface area (Å²) in [6.45, 7) is 7.37. The van der Waals surface area contributed by atoms with Crippen molar-refractivity contribution in [3.8, 4) is 0 Å².